The molecule has 1 atom stereocenters. The number of anilines is 1. The number of amides is 3. The lowest BCUT2D eigenvalue weighted by Gasteiger charge is -2.29. The van der Waals surface area contributed by atoms with Crippen molar-refractivity contribution in [3.63, 3.8) is 0 Å². The van der Waals surface area contributed by atoms with Crippen LogP contribution in [0.5, 0.6) is 23.0 Å². The van der Waals surface area contributed by atoms with Crippen molar-refractivity contribution in [2.45, 2.75) is 13.0 Å². The minimum Gasteiger partial charge on any atom is -0.497 e. The zero-order chi connectivity index (χ0) is 22.5. The highest BCUT2D eigenvalue weighted by molar-refractivity contribution is 6.07. The van der Waals surface area contributed by atoms with Crippen LogP contribution in [0.1, 0.15) is 18.5 Å². The number of hydrogen-bond donors (Lipinski definition) is 3. The molecule has 0 radical (unpaired) electrons. The van der Waals surface area contributed by atoms with E-state index in [1.54, 1.807) is 43.3 Å². The van der Waals surface area contributed by atoms with Crippen LogP contribution in [-0.2, 0) is 4.79 Å². The monoisotopic (exact) mass is 427 g/mol. The Morgan fingerprint density at radius 3 is 2.23 bits per heavy atom. The molecule has 0 aliphatic carbocycles. The minimum absolute atomic E-state index is 0.344. The van der Waals surface area contributed by atoms with Gasteiger partial charge in [0.25, 0.3) is 5.91 Å². The average molecular weight is 427 g/mol. The number of carbonyl (C=O) groups is 2. The highest BCUT2D eigenvalue weighted by atomic mass is 16.5. The molecule has 3 N–H and O–H groups in total. The molecule has 0 saturated carbocycles. The van der Waals surface area contributed by atoms with Crippen molar-refractivity contribution in [2.24, 2.45) is 0 Å². The molecule has 0 fully saturated rings. The summed E-state index contributed by atoms with van der Waals surface area (Å²) in [6.07, 6.45) is 0. The Morgan fingerprint density at radius 2 is 1.58 bits per heavy atom. The number of nitrogens with one attached hydrogen (secondary N) is 3. The summed E-state index contributed by atoms with van der Waals surface area (Å²) in [6, 6.07) is 9.19. The Hall–Kier alpha value is -3.88. The van der Waals surface area contributed by atoms with Crippen molar-refractivity contribution in [1.82, 2.24) is 10.6 Å². The van der Waals surface area contributed by atoms with Crippen LogP contribution in [0.3, 0.4) is 0 Å². The second-order valence-corrected chi connectivity index (χ2v) is 6.70. The topological polar surface area (TPSA) is 107 Å². The molecule has 0 aromatic heterocycles. The highest BCUT2D eigenvalue weighted by Crippen LogP contribution is 2.35. The lowest BCUT2D eigenvalue weighted by Crippen LogP contribution is -2.46. The normalized spacial score (nSPS) is 15.5. The Morgan fingerprint density at radius 1 is 0.903 bits per heavy atom. The molecule has 9 heteroatoms. The third kappa shape index (κ3) is 4.50. The molecule has 3 amide bonds. The third-order valence-electron chi connectivity index (χ3n) is 4.91. The van der Waals surface area contributed by atoms with E-state index in [1.807, 2.05) is 0 Å². The minimum atomic E-state index is -0.704. The van der Waals surface area contributed by atoms with Crippen LogP contribution in [0.15, 0.2) is 47.7 Å². The van der Waals surface area contributed by atoms with Gasteiger partial charge < -0.3 is 34.9 Å². The summed E-state index contributed by atoms with van der Waals surface area (Å²) in [5.74, 6) is 1.66. The molecule has 1 aliphatic heterocycles. The molecule has 0 bridgehead atoms. The van der Waals surface area contributed by atoms with Gasteiger partial charge in [0.2, 0.25) is 0 Å². The van der Waals surface area contributed by atoms with E-state index in [2.05, 4.69) is 16.0 Å². The lowest BCUT2D eigenvalue weighted by atomic mass is 9.94. The van der Waals surface area contributed by atoms with Gasteiger partial charge in [-0.1, -0.05) is 6.07 Å². The van der Waals surface area contributed by atoms with Gasteiger partial charge in [-0.25, -0.2) is 4.79 Å². The number of rotatable bonds is 7. The molecule has 164 valence electrons. The summed E-state index contributed by atoms with van der Waals surface area (Å²) >= 11 is 0. The smallest absolute Gasteiger partial charge is 0.319 e. The first-order chi connectivity index (χ1) is 14.9. The number of ether oxygens (including phenoxy) is 4. The molecule has 31 heavy (non-hydrogen) atoms. The molecule has 3 rings (SSSR count). The number of benzene rings is 2. The van der Waals surface area contributed by atoms with Gasteiger partial charge in [-0.2, -0.15) is 0 Å². The van der Waals surface area contributed by atoms with Crippen LogP contribution in [0.2, 0.25) is 0 Å². The number of methoxy groups -OCH3 is 4. The van der Waals surface area contributed by atoms with Crippen molar-refractivity contribution < 1.29 is 28.5 Å². The molecule has 1 aliphatic rings. The van der Waals surface area contributed by atoms with Crippen LogP contribution in [0.4, 0.5) is 10.5 Å². The molecule has 1 heterocycles. The summed E-state index contributed by atoms with van der Waals surface area (Å²) in [5.41, 5.74) is 1.88. The van der Waals surface area contributed by atoms with Crippen LogP contribution in [0.25, 0.3) is 0 Å². The maximum Gasteiger partial charge on any atom is 0.319 e. The van der Waals surface area contributed by atoms with E-state index in [0.29, 0.717) is 45.5 Å². The summed E-state index contributed by atoms with van der Waals surface area (Å²) in [4.78, 5) is 25.5. The van der Waals surface area contributed by atoms with Gasteiger partial charge in [-0.15, -0.1) is 0 Å². The Bertz CT molecular complexity index is 1030. The van der Waals surface area contributed by atoms with Crippen molar-refractivity contribution in [3.05, 3.63) is 53.2 Å². The maximum absolute atomic E-state index is 13.3. The highest BCUT2D eigenvalue weighted by Gasteiger charge is 2.32. The third-order valence-corrected chi connectivity index (χ3v) is 4.91. The van der Waals surface area contributed by atoms with Gasteiger partial charge in [0.05, 0.1) is 45.7 Å². The SMILES string of the molecule is COc1ccc(OC)c(NC(=O)C2=C(C)NC(=O)NC2c2ccc(OC)c(OC)c2)c1. The summed E-state index contributed by atoms with van der Waals surface area (Å²) < 4.78 is 21.2. The Kier molecular flexibility index (Phi) is 6.54. The van der Waals surface area contributed by atoms with Crippen LogP contribution < -0.4 is 34.9 Å². The fourth-order valence-electron chi connectivity index (χ4n) is 3.38. The predicted molar refractivity (Wildman–Crippen MR) is 115 cm³/mol. The van der Waals surface area contributed by atoms with E-state index in [-0.39, 0.29) is 0 Å². The van der Waals surface area contributed by atoms with Gasteiger partial charge in [-0.05, 0) is 36.8 Å². The van der Waals surface area contributed by atoms with Gasteiger partial charge in [0.15, 0.2) is 11.5 Å². The summed E-state index contributed by atoms with van der Waals surface area (Å²) in [7, 11) is 6.10. The van der Waals surface area contributed by atoms with E-state index in [1.165, 1.54) is 28.4 Å². The first-order valence-electron chi connectivity index (χ1n) is 9.45. The first-order valence-corrected chi connectivity index (χ1v) is 9.45. The second-order valence-electron chi connectivity index (χ2n) is 6.70. The Labute approximate surface area is 180 Å². The van der Waals surface area contributed by atoms with Crippen molar-refractivity contribution in [3.8, 4) is 23.0 Å². The molecule has 2 aromatic rings. The second kappa shape index (κ2) is 9.29. The molecule has 0 spiro atoms. The van der Waals surface area contributed by atoms with Crippen LogP contribution in [-0.4, -0.2) is 40.4 Å². The average Bonchev–Trinajstić information content (AvgIpc) is 2.77. The van der Waals surface area contributed by atoms with Crippen molar-refractivity contribution in [2.75, 3.05) is 33.8 Å². The molecule has 1 unspecified atom stereocenters. The van der Waals surface area contributed by atoms with E-state index < -0.39 is 18.0 Å². The number of hydrogen-bond acceptors (Lipinski definition) is 6. The largest absolute Gasteiger partial charge is 0.497 e. The van der Waals surface area contributed by atoms with E-state index in [9.17, 15) is 9.59 Å². The maximum atomic E-state index is 13.3. The van der Waals surface area contributed by atoms with E-state index in [0.717, 1.165) is 0 Å². The first kappa shape index (κ1) is 21.8. The molecular formula is C22H25N3O6. The number of urea groups is 1. The van der Waals surface area contributed by atoms with Crippen molar-refractivity contribution in [1.29, 1.82) is 0 Å². The molecule has 0 saturated heterocycles. The number of carbonyl (C=O) groups excluding carboxylic acids is 2. The predicted octanol–water partition coefficient (Wildman–Crippen LogP) is 2.99. The van der Waals surface area contributed by atoms with Crippen molar-refractivity contribution >= 4 is 17.6 Å². The van der Waals surface area contributed by atoms with Crippen LogP contribution >= 0.6 is 0 Å². The quantitative estimate of drug-likeness (QED) is 0.627. The fourth-order valence-corrected chi connectivity index (χ4v) is 3.38. The molecular weight excluding hydrogens is 402 g/mol. The van der Waals surface area contributed by atoms with Gasteiger partial charge in [0.1, 0.15) is 11.5 Å². The van der Waals surface area contributed by atoms with E-state index in [4.69, 9.17) is 18.9 Å². The summed E-state index contributed by atoms with van der Waals surface area (Å²) in [6.45, 7) is 1.67. The molecule has 9 nitrogen and oxygen atoms in total. The van der Waals surface area contributed by atoms with Gasteiger partial charge in [0, 0.05) is 11.8 Å². The Balaban J connectivity index is 2.00. The van der Waals surface area contributed by atoms with Gasteiger partial charge in [-0.3, -0.25) is 4.79 Å². The molecule has 2 aromatic carbocycles. The number of allylic oxidation sites excluding steroid dienone is 1. The standard InChI is InChI=1S/C22H25N3O6/c1-12-19(21(26)24-15-11-14(28-2)7-9-16(15)29-3)20(25-22(27)23-12)13-6-8-17(30-4)18(10-13)31-5/h6-11,20H,1-5H3,(H,24,26)(H2,23,25,27). The van der Waals surface area contributed by atoms with E-state index >= 15 is 0 Å². The summed E-state index contributed by atoms with van der Waals surface area (Å²) in [5, 5.41) is 8.31. The zero-order valence-corrected chi connectivity index (χ0v) is 18.0. The zero-order valence-electron chi connectivity index (χ0n) is 18.0. The van der Waals surface area contributed by atoms with Crippen LogP contribution in [0, 0.1) is 0 Å². The fraction of sp³-hybridized carbons (Fsp3) is 0.273. The van der Waals surface area contributed by atoms with Gasteiger partial charge >= 0.3 is 6.03 Å². The lowest BCUT2D eigenvalue weighted by molar-refractivity contribution is -0.113.